The molecule has 38 heavy (non-hydrogen) atoms. The van der Waals surface area contributed by atoms with E-state index in [-0.39, 0.29) is 19.1 Å². The number of piperazine rings is 1. The van der Waals surface area contributed by atoms with E-state index in [0.29, 0.717) is 19.6 Å². The molecule has 1 aliphatic rings. The smallest absolute Gasteiger partial charge is 0.320 e. The van der Waals surface area contributed by atoms with Gasteiger partial charge in [0.1, 0.15) is 12.0 Å². The molecular formula is C30H41FN6O. The lowest BCUT2D eigenvalue weighted by molar-refractivity contribution is 0.0579. The number of hydrogen-bond acceptors (Lipinski definition) is 4. The molecule has 0 radical (unpaired) electrons. The largest absolute Gasteiger partial charge is 0.328 e. The predicted octanol–water partition coefficient (Wildman–Crippen LogP) is 4.65. The van der Waals surface area contributed by atoms with Crippen LogP contribution in [-0.4, -0.2) is 82.8 Å². The fourth-order valence-corrected chi connectivity index (χ4v) is 5.06. The molecule has 2 aromatic carbocycles. The summed E-state index contributed by atoms with van der Waals surface area (Å²) in [7, 11) is 2.05. The van der Waals surface area contributed by atoms with Crippen molar-refractivity contribution in [3.8, 4) is 11.3 Å². The SMILES string of the molecule is CN1CCN(C(=O)N(C[C@H](F)CN)[C@@H](c2nc(-c3ccccc3)cn2Cc2ccccc2)C(C)(C)C)CC1. The first-order valence-corrected chi connectivity index (χ1v) is 13.4. The Bertz CT molecular complexity index is 1170. The van der Waals surface area contributed by atoms with E-state index >= 15 is 0 Å². The van der Waals surface area contributed by atoms with Crippen LogP contribution >= 0.6 is 0 Å². The van der Waals surface area contributed by atoms with E-state index < -0.39 is 17.6 Å². The average molecular weight is 521 g/mol. The maximum absolute atomic E-state index is 15.0. The number of aromatic nitrogens is 2. The Morgan fingerprint density at radius 2 is 1.63 bits per heavy atom. The molecule has 3 aromatic rings. The third-order valence-corrected chi connectivity index (χ3v) is 7.12. The van der Waals surface area contributed by atoms with Crippen LogP contribution in [0.5, 0.6) is 0 Å². The van der Waals surface area contributed by atoms with Gasteiger partial charge in [-0.3, -0.25) is 0 Å². The van der Waals surface area contributed by atoms with Gasteiger partial charge in [-0.2, -0.15) is 0 Å². The van der Waals surface area contributed by atoms with Crippen LogP contribution in [0.25, 0.3) is 11.3 Å². The van der Waals surface area contributed by atoms with Crippen LogP contribution in [0.2, 0.25) is 0 Å². The fourth-order valence-electron chi connectivity index (χ4n) is 5.06. The summed E-state index contributed by atoms with van der Waals surface area (Å²) in [5, 5.41) is 0. The standard InChI is InChI=1S/C30H41FN6O/c1-30(2,3)27(37(21-25(31)19-32)29(38)35-17-15-34(4)16-18-35)28-33-26(24-13-9-6-10-14-24)22-36(28)20-23-11-7-5-8-12-23/h5-14,22,25,27H,15-21,32H2,1-4H3/t25-,27+/m1/s1. The lowest BCUT2D eigenvalue weighted by Crippen LogP contribution is -2.55. The molecule has 0 unspecified atom stereocenters. The maximum Gasteiger partial charge on any atom is 0.320 e. The Balaban J connectivity index is 1.82. The highest BCUT2D eigenvalue weighted by Gasteiger charge is 2.41. The highest BCUT2D eigenvalue weighted by molar-refractivity contribution is 5.75. The van der Waals surface area contributed by atoms with Gasteiger partial charge in [-0.05, 0) is 18.0 Å². The molecule has 1 saturated heterocycles. The number of likely N-dealkylation sites (N-methyl/N-ethyl adjacent to an activating group) is 1. The summed E-state index contributed by atoms with van der Waals surface area (Å²) in [6.07, 6.45) is 0.715. The number of carbonyl (C=O) groups is 1. The van der Waals surface area contributed by atoms with Gasteiger partial charge in [0, 0.05) is 51.0 Å². The zero-order chi connectivity index (χ0) is 27.3. The number of alkyl halides is 1. The molecule has 1 aliphatic heterocycles. The van der Waals surface area contributed by atoms with Gasteiger partial charge in [-0.25, -0.2) is 14.2 Å². The quantitative estimate of drug-likeness (QED) is 0.469. The van der Waals surface area contributed by atoms with Crippen molar-refractivity contribution >= 4 is 6.03 Å². The highest BCUT2D eigenvalue weighted by atomic mass is 19.1. The molecule has 1 aromatic heterocycles. The van der Waals surface area contributed by atoms with E-state index in [1.165, 1.54) is 0 Å². The zero-order valence-electron chi connectivity index (χ0n) is 23.1. The zero-order valence-corrected chi connectivity index (χ0v) is 23.1. The van der Waals surface area contributed by atoms with Crippen molar-refractivity contribution in [1.82, 2.24) is 24.3 Å². The Kier molecular flexibility index (Phi) is 8.84. The third-order valence-electron chi connectivity index (χ3n) is 7.12. The van der Waals surface area contributed by atoms with E-state index in [0.717, 1.165) is 35.7 Å². The summed E-state index contributed by atoms with van der Waals surface area (Å²) >= 11 is 0. The van der Waals surface area contributed by atoms with Crippen molar-refractivity contribution in [2.75, 3.05) is 46.3 Å². The molecule has 0 saturated carbocycles. The van der Waals surface area contributed by atoms with Gasteiger partial charge in [0.05, 0.1) is 18.3 Å². The minimum atomic E-state index is -1.33. The second kappa shape index (κ2) is 12.1. The molecule has 2 N–H and O–H groups in total. The van der Waals surface area contributed by atoms with E-state index in [2.05, 4.69) is 49.4 Å². The molecule has 2 atom stereocenters. The second-order valence-electron chi connectivity index (χ2n) is 11.3. The normalized spacial score (nSPS) is 16.3. The fraction of sp³-hybridized carbons (Fsp3) is 0.467. The maximum atomic E-state index is 15.0. The van der Waals surface area contributed by atoms with Crippen LogP contribution in [-0.2, 0) is 6.54 Å². The molecule has 7 nitrogen and oxygen atoms in total. The summed E-state index contributed by atoms with van der Waals surface area (Å²) in [6.45, 7) is 9.41. The molecule has 204 valence electrons. The van der Waals surface area contributed by atoms with Crippen molar-refractivity contribution in [2.24, 2.45) is 11.1 Å². The van der Waals surface area contributed by atoms with Gasteiger partial charge in [0.2, 0.25) is 0 Å². The summed E-state index contributed by atoms with van der Waals surface area (Å²) in [6, 6.07) is 19.6. The van der Waals surface area contributed by atoms with Gasteiger partial charge in [0.15, 0.2) is 0 Å². The summed E-state index contributed by atoms with van der Waals surface area (Å²) in [5.74, 6) is 0.743. The van der Waals surface area contributed by atoms with E-state index in [1.807, 2.05) is 59.6 Å². The first-order valence-electron chi connectivity index (χ1n) is 13.4. The monoisotopic (exact) mass is 520 g/mol. The molecule has 0 spiro atoms. The molecule has 4 rings (SSSR count). The molecule has 0 bridgehead atoms. The van der Waals surface area contributed by atoms with E-state index in [4.69, 9.17) is 10.7 Å². The molecular weight excluding hydrogens is 479 g/mol. The Labute approximate surface area is 226 Å². The lowest BCUT2D eigenvalue weighted by Gasteiger charge is -2.44. The third kappa shape index (κ3) is 6.60. The van der Waals surface area contributed by atoms with Crippen LogP contribution in [0.4, 0.5) is 9.18 Å². The van der Waals surface area contributed by atoms with Crippen LogP contribution in [0.1, 0.15) is 38.2 Å². The number of hydrogen-bond donors (Lipinski definition) is 1. The number of rotatable bonds is 8. The number of carbonyl (C=O) groups excluding carboxylic acids is 1. The van der Waals surface area contributed by atoms with Gasteiger partial charge < -0.3 is 25.0 Å². The Hall–Kier alpha value is -3.23. The van der Waals surface area contributed by atoms with Gasteiger partial charge >= 0.3 is 6.03 Å². The Morgan fingerprint density at radius 3 is 2.21 bits per heavy atom. The van der Waals surface area contributed by atoms with Gasteiger partial charge in [0.25, 0.3) is 0 Å². The number of imidazole rings is 1. The molecule has 2 amide bonds. The van der Waals surface area contributed by atoms with E-state index in [1.54, 1.807) is 4.90 Å². The van der Waals surface area contributed by atoms with Gasteiger partial charge in [-0.1, -0.05) is 81.4 Å². The van der Waals surface area contributed by atoms with Crippen LogP contribution < -0.4 is 5.73 Å². The van der Waals surface area contributed by atoms with Crippen molar-refractivity contribution in [3.05, 3.63) is 78.2 Å². The number of benzene rings is 2. The molecule has 8 heteroatoms. The van der Waals surface area contributed by atoms with Crippen molar-refractivity contribution in [1.29, 1.82) is 0 Å². The summed E-state index contributed by atoms with van der Waals surface area (Å²) in [5.41, 5.74) is 8.25. The first-order chi connectivity index (χ1) is 18.2. The molecule has 1 fully saturated rings. The lowest BCUT2D eigenvalue weighted by atomic mass is 9.84. The number of nitrogens with two attached hydrogens (primary N) is 1. The first kappa shape index (κ1) is 27.8. The minimum Gasteiger partial charge on any atom is -0.328 e. The summed E-state index contributed by atoms with van der Waals surface area (Å²) in [4.78, 5) is 24.9. The Morgan fingerprint density at radius 1 is 1.03 bits per heavy atom. The number of halogens is 1. The summed E-state index contributed by atoms with van der Waals surface area (Å²) < 4.78 is 17.1. The number of nitrogens with zero attached hydrogens (tertiary/aromatic N) is 5. The number of urea groups is 1. The highest BCUT2D eigenvalue weighted by Crippen LogP contribution is 2.40. The minimum absolute atomic E-state index is 0.0809. The van der Waals surface area contributed by atoms with E-state index in [9.17, 15) is 9.18 Å². The van der Waals surface area contributed by atoms with Crippen LogP contribution in [0.3, 0.4) is 0 Å². The average Bonchev–Trinajstić information content (AvgIpc) is 3.31. The molecule has 2 heterocycles. The molecule has 0 aliphatic carbocycles. The predicted molar refractivity (Wildman–Crippen MR) is 151 cm³/mol. The van der Waals surface area contributed by atoms with Gasteiger partial charge in [-0.15, -0.1) is 0 Å². The number of amides is 2. The second-order valence-corrected chi connectivity index (χ2v) is 11.3. The van der Waals surface area contributed by atoms with Crippen LogP contribution in [0.15, 0.2) is 66.9 Å². The topological polar surface area (TPSA) is 70.6 Å². The van der Waals surface area contributed by atoms with Crippen molar-refractivity contribution in [3.63, 3.8) is 0 Å². The van der Waals surface area contributed by atoms with Crippen molar-refractivity contribution in [2.45, 2.75) is 39.5 Å². The van der Waals surface area contributed by atoms with Crippen LogP contribution in [0, 0.1) is 5.41 Å². The van der Waals surface area contributed by atoms with Crippen molar-refractivity contribution < 1.29 is 9.18 Å².